The summed E-state index contributed by atoms with van der Waals surface area (Å²) in [5, 5.41) is 0. The molecule has 98 valence electrons. The number of carbonyl (C=O) groups is 1. The van der Waals surface area contributed by atoms with Gasteiger partial charge in [0.25, 0.3) is 5.91 Å². The molecule has 0 bridgehead atoms. The number of morpholine rings is 1. The molecule has 4 nitrogen and oxygen atoms in total. The normalized spacial score (nSPS) is 19.9. The van der Waals surface area contributed by atoms with Gasteiger partial charge in [0.05, 0.1) is 18.3 Å². The second-order valence-electron chi connectivity index (χ2n) is 4.38. The molecule has 1 aliphatic heterocycles. The van der Waals surface area contributed by atoms with E-state index in [1.165, 1.54) is 0 Å². The van der Waals surface area contributed by atoms with Crippen molar-refractivity contribution in [3.63, 3.8) is 0 Å². The maximum atomic E-state index is 12.4. The number of nitrogen functional groups attached to an aromatic ring is 1. The van der Waals surface area contributed by atoms with Crippen molar-refractivity contribution in [3.05, 3.63) is 28.2 Å². The lowest BCUT2D eigenvalue weighted by atomic mass is 10.1. The predicted molar refractivity (Wildman–Crippen MR) is 74.5 cm³/mol. The Morgan fingerprint density at radius 2 is 2.39 bits per heavy atom. The minimum absolute atomic E-state index is 0.0180. The zero-order valence-electron chi connectivity index (χ0n) is 10.4. The van der Waals surface area contributed by atoms with E-state index in [4.69, 9.17) is 10.5 Å². The molecular weight excluding hydrogens is 296 g/mol. The molecule has 1 fully saturated rings. The van der Waals surface area contributed by atoms with Gasteiger partial charge in [-0.15, -0.1) is 0 Å². The van der Waals surface area contributed by atoms with Crippen LogP contribution in [0.2, 0.25) is 0 Å². The minimum atomic E-state index is -0.0180. The summed E-state index contributed by atoms with van der Waals surface area (Å²) in [4.78, 5) is 14.2. The number of hydrogen-bond acceptors (Lipinski definition) is 3. The summed E-state index contributed by atoms with van der Waals surface area (Å²) in [5.74, 6) is -0.0180. The van der Waals surface area contributed by atoms with Crippen LogP contribution in [0.4, 0.5) is 5.69 Å². The third-order valence-corrected chi connectivity index (χ3v) is 3.62. The summed E-state index contributed by atoms with van der Waals surface area (Å²) in [7, 11) is 0. The van der Waals surface area contributed by atoms with E-state index < -0.39 is 0 Å². The third kappa shape index (κ3) is 2.84. The summed E-state index contributed by atoms with van der Waals surface area (Å²) in [6.45, 7) is 3.92. The zero-order chi connectivity index (χ0) is 13.1. The quantitative estimate of drug-likeness (QED) is 0.852. The molecule has 18 heavy (non-hydrogen) atoms. The van der Waals surface area contributed by atoms with Crippen molar-refractivity contribution in [2.45, 2.75) is 19.4 Å². The molecule has 1 aromatic carbocycles. The first-order chi connectivity index (χ1) is 8.61. The van der Waals surface area contributed by atoms with Crippen LogP contribution >= 0.6 is 15.9 Å². The molecule has 1 saturated heterocycles. The Labute approximate surface area is 115 Å². The van der Waals surface area contributed by atoms with E-state index in [2.05, 4.69) is 22.9 Å². The molecular formula is C13H17BrN2O2. The molecule has 1 atom stereocenters. The van der Waals surface area contributed by atoms with Crippen LogP contribution in [0.25, 0.3) is 0 Å². The van der Waals surface area contributed by atoms with Crippen LogP contribution in [0.15, 0.2) is 22.7 Å². The molecule has 0 radical (unpaired) electrons. The molecule has 0 spiro atoms. The van der Waals surface area contributed by atoms with Crippen LogP contribution in [-0.4, -0.2) is 36.6 Å². The predicted octanol–water partition coefficient (Wildman–Crippen LogP) is 2.28. The van der Waals surface area contributed by atoms with Gasteiger partial charge in [-0.05, 0) is 24.6 Å². The lowest BCUT2D eigenvalue weighted by Gasteiger charge is -2.32. The van der Waals surface area contributed by atoms with Crippen LogP contribution < -0.4 is 5.73 Å². The first-order valence-corrected chi connectivity index (χ1v) is 6.87. The number of nitrogens with two attached hydrogens (primary N) is 1. The highest BCUT2D eigenvalue weighted by atomic mass is 79.9. The van der Waals surface area contributed by atoms with E-state index in [1.54, 1.807) is 12.1 Å². The van der Waals surface area contributed by atoms with E-state index in [0.717, 1.165) is 10.9 Å². The van der Waals surface area contributed by atoms with Crippen molar-refractivity contribution >= 4 is 27.5 Å². The van der Waals surface area contributed by atoms with Crippen LogP contribution in [0.3, 0.4) is 0 Å². The molecule has 1 amide bonds. The number of halogens is 1. The molecule has 2 rings (SSSR count). The van der Waals surface area contributed by atoms with E-state index in [9.17, 15) is 4.79 Å². The zero-order valence-corrected chi connectivity index (χ0v) is 11.9. The molecule has 0 aliphatic carbocycles. The molecule has 2 N–H and O–H groups in total. The number of anilines is 1. The maximum Gasteiger partial charge on any atom is 0.256 e. The number of amides is 1. The molecule has 1 aliphatic rings. The molecule has 0 aromatic heterocycles. The molecule has 5 heteroatoms. The first kappa shape index (κ1) is 13.4. The highest BCUT2D eigenvalue weighted by Crippen LogP contribution is 2.21. The Morgan fingerprint density at radius 1 is 1.61 bits per heavy atom. The van der Waals surface area contributed by atoms with E-state index in [-0.39, 0.29) is 12.0 Å². The minimum Gasteiger partial charge on any atom is -0.398 e. The van der Waals surface area contributed by atoms with Gasteiger partial charge in [-0.25, -0.2) is 0 Å². The van der Waals surface area contributed by atoms with Gasteiger partial charge in [0.1, 0.15) is 0 Å². The fourth-order valence-corrected chi connectivity index (χ4v) is 2.40. The summed E-state index contributed by atoms with van der Waals surface area (Å²) >= 11 is 3.36. The van der Waals surface area contributed by atoms with E-state index in [0.29, 0.717) is 30.9 Å². The van der Waals surface area contributed by atoms with Crippen molar-refractivity contribution < 1.29 is 9.53 Å². The number of hydrogen-bond donors (Lipinski definition) is 1. The number of nitrogens with zero attached hydrogens (tertiary/aromatic N) is 1. The van der Waals surface area contributed by atoms with Crippen molar-refractivity contribution in [1.29, 1.82) is 0 Å². The monoisotopic (exact) mass is 312 g/mol. The van der Waals surface area contributed by atoms with Crippen LogP contribution in [0, 0.1) is 0 Å². The van der Waals surface area contributed by atoms with Crippen molar-refractivity contribution in [2.24, 2.45) is 0 Å². The summed E-state index contributed by atoms with van der Waals surface area (Å²) in [5.41, 5.74) is 6.94. The Balaban J connectivity index is 2.17. The number of rotatable bonds is 2. The summed E-state index contributed by atoms with van der Waals surface area (Å²) in [6, 6.07) is 5.35. The lowest BCUT2D eigenvalue weighted by Crippen LogP contribution is -2.45. The van der Waals surface area contributed by atoms with E-state index >= 15 is 0 Å². The summed E-state index contributed by atoms with van der Waals surface area (Å²) in [6.07, 6.45) is 1.05. The third-order valence-electron chi connectivity index (χ3n) is 3.13. The van der Waals surface area contributed by atoms with Gasteiger partial charge < -0.3 is 15.4 Å². The highest BCUT2D eigenvalue weighted by Gasteiger charge is 2.25. The van der Waals surface area contributed by atoms with Gasteiger partial charge >= 0.3 is 0 Å². The topological polar surface area (TPSA) is 55.6 Å². The van der Waals surface area contributed by atoms with Crippen LogP contribution in [0.5, 0.6) is 0 Å². The number of benzene rings is 1. The number of carbonyl (C=O) groups excluding carboxylic acids is 1. The highest BCUT2D eigenvalue weighted by molar-refractivity contribution is 9.10. The van der Waals surface area contributed by atoms with Crippen molar-refractivity contribution in [1.82, 2.24) is 4.90 Å². The number of ether oxygens (including phenoxy) is 1. The summed E-state index contributed by atoms with van der Waals surface area (Å²) < 4.78 is 6.42. The van der Waals surface area contributed by atoms with Crippen molar-refractivity contribution in [3.8, 4) is 0 Å². The van der Waals surface area contributed by atoms with Crippen LogP contribution in [-0.2, 0) is 4.74 Å². The van der Waals surface area contributed by atoms with Gasteiger partial charge in [-0.1, -0.05) is 22.9 Å². The molecule has 0 saturated carbocycles. The Hall–Kier alpha value is -1.07. The molecule has 1 unspecified atom stereocenters. The average Bonchev–Trinajstić information content (AvgIpc) is 2.41. The van der Waals surface area contributed by atoms with Gasteiger partial charge in [-0.2, -0.15) is 0 Å². The fraction of sp³-hybridized carbons (Fsp3) is 0.462. The second kappa shape index (κ2) is 5.71. The first-order valence-electron chi connectivity index (χ1n) is 6.07. The average molecular weight is 313 g/mol. The second-order valence-corrected chi connectivity index (χ2v) is 5.30. The van der Waals surface area contributed by atoms with E-state index in [1.807, 2.05) is 11.0 Å². The Morgan fingerprint density at radius 3 is 3.11 bits per heavy atom. The van der Waals surface area contributed by atoms with Gasteiger partial charge in [0, 0.05) is 23.2 Å². The Bertz CT molecular complexity index is 451. The van der Waals surface area contributed by atoms with Crippen LogP contribution in [0.1, 0.15) is 23.7 Å². The smallest absolute Gasteiger partial charge is 0.256 e. The molecule has 1 heterocycles. The van der Waals surface area contributed by atoms with Gasteiger partial charge in [0.15, 0.2) is 0 Å². The maximum absolute atomic E-state index is 12.4. The van der Waals surface area contributed by atoms with Gasteiger partial charge in [0.2, 0.25) is 0 Å². The van der Waals surface area contributed by atoms with Crippen molar-refractivity contribution in [2.75, 3.05) is 25.4 Å². The standard InChI is InChI=1S/C13H17BrN2O2/c1-2-10-8-16(5-6-18-10)13(17)11-7-9(14)3-4-12(11)15/h3-4,7,10H,2,5-6,8,15H2,1H3. The largest absolute Gasteiger partial charge is 0.398 e. The fourth-order valence-electron chi connectivity index (χ4n) is 2.03. The Kier molecular flexibility index (Phi) is 4.24. The van der Waals surface area contributed by atoms with Gasteiger partial charge in [-0.3, -0.25) is 4.79 Å². The SMILES string of the molecule is CCC1CN(C(=O)c2cc(Br)ccc2N)CCO1. The molecule has 1 aromatic rings. The lowest BCUT2D eigenvalue weighted by molar-refractivity contribution is -0.0225.